The lowest BCUT2D eigenvalue weighted by Crippen LogP contribution is -2.28. The van der Waals surface area contributed by atoms with E-state index >= 15 is 0 Å². The predicted octanol–water partition coefficient (Wildman–Crippen LogP) is 4.08. The Morgan fingerprint density at radius 1 is 1.12 bits per heavy atom. The Morgan fingerprint density at radius 3 is 2.54 bits per heavy atom. The van der Waals surface area contributed by atoms with E-state index < -0.39 is 0 Å². The second kappa shape index (κ2) is 6.87. The molecule has 0 aliphatic rings. The second-order valence-electron chi connectivity index (χ2n) is 5.87. The number of carbonyl (C=O) groups is 1. The van der Waals surface area contributed by atoms with Crippen LogP contribution in [0.2, 0.25) is 0 Å². The normalized spacial score (nSPS) is 11.0. The first-order chi connectivity index (χ1) is 11.6. The lowest BCUT2D eigenvalue weighted by molar-refractivity contribution is 0.0945. The van der Waals surface area contributed by atoms with Crippen LogP contribution in [0.15, 0.2) is 48.5 Å². The van der Waals surface area contributed by atoms with Gasteiger partial charge in [0, 0.05) is 24.0 Å². The number of amides is 1. The Kier molecular flexibility index (Phi) is 4.65. The van der Waals surface area contributed by atoms with Crippen LogP contribution >= 0.6 is 0 Å². The monoisotopic (exact) mass is 324 g/mol. The van der Waals surface area contributed by atoms with Gasteiger partial charge in [-0.3, -0.25) is 4.79 Å². The number of hydrogen-bond donors (Lipinski definition) is 1. The van der Waals surface area contributed by atoms with E-state index in [1.807, 2.05) is 38.1 Å². The molecule has 0 aliphatic heterocycles. The van der Waals surface area contributed by atoms with E-state index in [9.17, 15) is 9.18 Å². The van der Waals surface area contributed by atoms with Crippen molar-refractivity contribution >= 4 is 16.8 Å². The van der Waals surface area contributed by atoms with E-state index in [1.54, 1.807) is 12.1 Å². The van der Waals surface area contributed by atoms with Gasteiger partial charge in [-0.1, -0.05) is 30.3 Å². The number of carbonyl (C=O) groups excluding carboxylic acids is 1. The molecule has 3 aromatic rings. The van der Waals surface area contributed by atoms with Gasteiger partial charge in [-0.25, -0.2) is 4.39 Å². The highest BCUT2D eigenvalue weighted by Gasteiger charge is 2.18. The number of halogens is 1. The Morgan fingerprint density at radius 2 is 1.83 bits per heavy atom. The smallest absolute Gasteiger partial charge is 0.268 e. The molecule has 3 rings (SSSR count). The molecule has 1 aromatic heterocycles. The molecule has 1 N–H and O–H groups in total. The second-order valence-corrected chi connectivity index (χ2v) is 5.87. The van der Waals surface area contributed by atoms with Gasteiger partial charge in [-0.2, -0.15) is 0 Å². The molecule has 0 spiro atoms. The quantitative estimate of drug-likeness (QED) is 0.754. The largest absolute Gasteiger partial charge is 0.350 e. The molecule has 3 nitrogen and oxygen atoms in total. The van der Waals surface area contributed by atoms with Gasteiger partial charge in [-0.15, -0.1) is 0 Å². The molecule has 1 amide bonds. The zero-order valence-electron chi connectivity index (χ0n) is 14.0. The van der Waals surface area contributed by atoms with E-state index in [0.29, 0.717) is 13.0 Å². The zero-order chi connectivity index (χ0) is 17.1. The van der Waals surface area contributed by atoms with E-state index in [2.05, 4.69) is 9.88 Å². The molecule has 0 fully saturated rings. The third-order valence-corrected chi connectivity index (χ3v) is 4.37. The molecule has 124 valence electrons. The molecule has 0 radical (unpaired) electrons. The molecule has 0 saturated carbocycles. The number of fused-ring (bicyclic) bond motifs is 1. The fourth-order valence-electron chi connectivity index (χ4n) is 3.15. The number of rotatable bonds is 5. The molecule has 2 aromatic carbocycles. The maximum Gasteiger partial charge on any atom is 0.268 e. The minimum Gasteiger partial charge on any atom is -0.350 e. The van der Waals surface area contributed by atoms with Gasteiger partial charge in [0.25, 0.3) is 5.91 Å². The summed E-state index contributed by atoms with van der Waals surface area (Å²) in [5.74, 6) is -0.307. The summed E-state index contributed by atoms with van der Waals surface area (Å²) in [7, 11) is 0. The van der Waals surface area contributed by atoms with Crippen molar-refractivity contribution in [3.63, 3.8) is 0 Å². The summed E-state index contributed by atoms with van der Waals surface area (Å²) in [6.45, 7) is 5.30. The van der Waals surface area contributed by atoms with Gasteiger partial charge in [0.15, 0.2) is 0 Å². The highest BCUT2D eigenvalue weighted by molar-refractivity contribution is 6.01. The van der Waals surface area contributed by atoms with Gasteiger partial charge < -0.3 is 9.88 Å². The summed E-state index contributed by atoms with van der Waals surface area (Å²) < 4.78 is 15.0. The molecule has 24 heavy (non-hydrogen) atoms. The molecule has 0 aliphatic carbocycles. The van der Waals surface area contributed by atoms with Crippen molar-refractivity contribution in [2.24, 2.45) is 0 Å². The number of nitrogens with one attached hydrogen (secondary N) is 1. The topological polar surface area (TPSA) is 34.0 Å². The number of aryl methyl sites for hydroxylation is 2. The van der Waals surface area contributed by atoms with Gasteiger partial charge >= 0.3 is 0 Å². The average molecular weight is 324 g/mol. The first-order valence-electron chi connectivity index (χ1n) is 8.22. The van der Waals surface area contributed by atoms with Crippen molar-refractivity contribution in [3.05, 3.63) is 71.2 Å². The summed E-state index contributed by atoms with van der Waals surface area (Å²) in [4.78, 5) is 12.7. The van der Waals surface area contributed by atoms with Crippen LogP contribution in [0.4, 0.5) is 4.39 Å². The zero-order valence-corrected chi connectivity index (χ0v) is 14.0. The average Bonchev–Trinajstić information content (AvgIpc) is 2.89. The Balaban J connectivity index is 1.76. The van der Waals surface area contributed by atoms with E-state index in [4.69, 9.17) is 0 Å². The third-order valence-electron chi connectivity index (χ3n) is 4.37. The molecule has 4 heteroatoms. The van der Waals surface area contributed by atoms with Gasteiger partial charge in [0.1, 0.15) is 11.5 Å². The highest BCUT2D eigenvalue weighted by Crippen LogP contribution is 2.25. The van der Waals surface area contributed by atoms with Crippen LogP contribution in [0.5, 0.6) is 0 Å². The molecule has 0 unspecified atom stereocenters. The van der Waals surface area contributed by atoms with Crippen LogP contribution in [0, 0.1) is 12.7 Å². The van der Waals surface area contributed by atoms with Crippen LogP contribution in [0.25, 0.3) is 10.9 Å². The van der Waals surface area contributed by atoms with Crippen LogP contribution in [-0.4, -0.2) is 17.0 Å². The van der Waals surface area contributed by atoms with Crippen molar-refractivity contribution in [2.45, 2.75) is 26.8 Å². The van der Waals surface area contributed by atoms with Gasteiger partial charge in [-0.05, 0) is 49.6 Å². The van der Waals surface area contributed by atoms with Crippen LogP contribution in [0.1, 0.15) is 28.5 Å². The van der Waals surface area contributed by atoms with Crippen molar-refractivity contribution in [1.29, 1.82) is 0 Å². The standard InChI is InChI=1S/C20H21FN2O/c1-3-23-18-7-5-4-6-17(18)14(2)19(23)20(24)22-13-12-15-8-10-16(21)11-9-15/h4-11H,3,12-13H2,1-2H3,(H,22,24). The first kappa shape index (κ1) is 16.2. The Hall–Kier alpha value is -2.62. The first-order valence-corrected chi connectivity index (χ1v) is 8.22. The summed E-state index contributed by atoms with van der Waals surface area (Å²) in [6, 6.07) is 14.4. The summed E-state index contributed by atoms with van der Waals surface area (Å²) in [5.41, 5.74) is 3.81. The van der Waals surface area contributed by atoms with Gasteiger partial charge in [0.2, 0.25) is 0 Å². The molecule has 1 heterocycles. The van der Waals surface area contributed by atoms with Crippen LogP contribution in [-0.2, 0) is 13.0 Å². The van der Waals surface area contributed by atoms with E-state index in [0.717, 1.165) is 34.3 Å². The minimum atomic E-state index is -0.245. The van der Waals surface area contributed by atoms with Gasteiger partial charge in [0.05, 0.1) is 0 Å². The lowest BCUT2D eigenvalue weighted by Gasteiger charge is -2.10. The van der Waals surface area contributed by atoms with Crippen LogP contribution < -0.4 is 5.32 Å². The number of para-hydroxylation sites is 1. The number of aromatic nitrogens is 1. The highest BCUT2D eigenvalue weighted by atomic mass is 19.1. The predicted molar refractivity (Wildman–Crippen MR) is 94.8 cm³/mol. The summed E-state index contributed by atoms with van der Waals surface area (Å²) >= 11 is 0. The number of hydrogen-bond acceptors (Lipinski definition) is 1. The molecule has 0 atom stereocenters. The third kappa shape index (κ3) is 3.04. The molecular weight excluding hydrogens is 303 g/mol. The van der Waals surface area contributed by atoms with Crippen molar-refractivity contribution in [1.82, 2.24) is 9.88 Å². The van der Waals surface area contributed by atoms with E-state index in [-0.39, 0.29) is 11.7 Å². The van der Waals surface area contributed by atoms with Crippen molar-refractivity contribution in [3.8, 4) is 0 Å². The fourth-order valence-corrected chi connectivity index (χ4v) is 3.15. The Bertz CT molecular complexity index is 865. The van der Waals surface area contributed by atoms with Crippen molar-refractivity contribution < 1.29 is 9.18 Å². The Labute approximate surface area is 141 Å². The summed E-state index contributed by atoms with van der Waals surface area (Å²) in [5, 5.41) is 4.10. The summed E-state index contributed by atoms with van der Waals surface area (Å²) in [6.07, 6.45) is 0.678. The lowest BCUT2D eigenvalue weighted by atomic mass is 10.1. The maximum atomic E-state index is 12.9. The molecule has 0 bridgehead atoms. The minimum absolute atomic E-state index is 0.0624. The van der Waals surface area contributed by atoms with Crippen molar-refractivity contribution in [2.75, 3.05) is 6.54 Å². The molecular formula is C20H21FN2O. The number of nitrogens with zero attached hydrogens (tertiary/aromatic N) is 1. The fraction of sp³-hybridized carbons (Fsp3) is 0.250. The SMILES string of the molecule is CCn1c(C(=O)NCCc2ccc(F)cc2)c(C)c2ccccc21. The van der Waals surface area contributed by atoms with E-state index in [1.165, 1.54) is 12.1 Å². The number of benzene rings is 2. The maximum absolute atomic E-state index is 12.9. The molecule has 0 saturated heterocycles. The van der Waals surface area contributed by atoms with Crippen LogP contribution in [0.3, 0.4) is 0 Å².